The van der Waals surface area contributed by atoms with E-state index in [9.17, 15) is 9.90 Å². The van der Waals surface area contributed by atoms with Crippen LogP contribution in [0, 0.1) is 0 Å². The minimum Gasteiger partial charge on any atom is -0.494 e. The van der Waals surface area contributed by atoms with Gasteiger partial charge in [0.25, 0.3) is 5.91 Å². The fourth-order valence-corrected chi connectivity index (χ4v) is 2.22. The van der Waals surface area contributed by atoms with Gasteiger partial charge in [0.2, 0.25) is 0 Å². The zero-order valence-electron chi connectivity index (χ0n) is 10.5. The van der Waals surface area contributed by atoms with Crippen molar-refractivity contribution in [2.75, 3.05) is 12.4 Å². The Balaban J connectivity index is 2.16. The summed E-state index contributed by atoms with van der Waals surface area (Å²) in [6.07, 6.45) is 2.33. The molecule has 2 heterocycles. The fraction of sp³-hybridized carbons (Fsp3) is 0.250. The number of aliphatic hydroxyl groups excluding tert-OH is 1. The molecule has 2 aromatic heterocycles. The zero-order chi connectivity index (χ0) is 13.8. The lowest BCUT2D eigenvalue weighted by Crippen LogP contribution is -2.13. The molecule has 6 nitrogen and oxygen atoms in total. The Morgan fingerprint density at radius 1 is 1.58 bits per heavy atom. The Bertz CT molecular complexity index is 583. The fourth-order valence-electron chi connectivity index (χ4n) is 1.43. The van der Waals surface area contributed by atoms with Crippen molar-refractivity contribution in [3.8, 4) is 5.75 Å². The van der Waals surface area contributed by atoms with Gasteiger partial charge in [-0.1, -0.05) is 0 Å². The van der Waals surface area contributed by atoms with Gasteiger partial charge in [0.05, 0.1) is 30.7 Å². The number of carbonyl (C=O) groups is 1. The van der Waals surface area contributed by atoms with Crippen molar-refractivity contribution in [3.05, 3.63) is 35.1 Å². The molecule has 0 aromatic carbocycles. The van der Waals surface area contributed by atoms with Crippen LogP contribution in [0.1, 0.15) is 29.1 Å². The number of methoxy groups -OCH3 is 1. The molecule has 19 heavy (non-hydrogen) atoms. The number of ether oxygens (including phenoxy) is 1. The van der Waals surface area contributed by atoms with E-state index in [4.69, 9.17) is 4.74 Å². The number of pyridine rings is 1. The van der Waals surface area contributed by atoms with Gasteiger partial charge >= 0.3 is 0 Å². The van der Waals surface area contributed by atoms with Crippen LogP contribution < -0.4 is 10.1 Å². The van der Waals surface area contributed by atoms with Crippen molar-refractivity contribution in [2.24, 2.45) is 0 Å². The van der Waals surface area contributed by atoms with Gasteiger partial charge in [0.15, 0.2) is 5.13 Å². The number of aliphatic hydroxyl groups is 1. The first kappa shape index (κ1) is 13.4. The van der Waals surface area contributed by atoms with Crippen LogP contribution >= 0.6 is 11.3 Å². The van der Waals surface area contributed by atoms with Crippen LogP contribution in [0.3, 0.4) is 0 Å². The SMILES string of the molecule is COc1cnccc1C(=O)Nc1nc(C(C)O)cs1. The highest BCUT2D eigenvalue weighted by molar-refractivity contribution is 7.14. The summed E-state index contributed by atoms with van der Waals surface area (Å²) in [6, 6.07) is 1.57. The van der Waals surface area contributed by atoms with Crippen molar-refractivity contribution in [1.29, 1.82) is 0 Å². The summed E-state index contributed by atoms with van der Waals surface area (Å²) in [7, 11) is 1.47. The minimum atomic E-state index is -0.655. The van der Waals surface area contributed by atoms with Crippen LogP contribution in [0.2, 0.25) is 0 Å². The van der Waals surface area contributed by atoms with Gasteiger partial charge in [-0.2, -0.15) is 0 Å². The Kier molecular flexibility index (Phi) is 4.08. The third-order valence-corrected chi connectivity index (χ3v) is 3.20. The van der Waals surface area contributed by atoms with Crippen LogP contribution in [-0.4, -0.2) is 28.1 Å². The monoisotopic (exact) mass is 279 g/mol. The highest BCUT2D eigenvalue weighted by Crippen LogP contribution is 2.22. The van der Waals surface area contributed by atoms with E-state index in [0.29, 0.717) is 22.1 Å². The number of aromatic nitrogens is 2. The molecule has 0 saturated carbocycles. The second-order valence-electron chi connectivity index (χ2n) is 3.78. The summed E-state index contributed by atoms with van der Waals surface area (Å²) in [4.78, 5) is 20.1. The molecule has 2 aromatic rings. The smallest absolute Gasteiger partial charge is 0.261 e. The normalized spacial score (nSPS) is 11.9. The van der Waals surface area contributed by atoms with Crippen LogP contribution in [0.4, 0.5) is 5.13 Å². The number of anilines is 1. The maximum atomic E-state index is 12.1. The second kappa shape index (κ2) is 5.77. The van der Waals surface area contributed by atoms with E-state index in [1.165, 1.54) is 30.8 Å². The Morgan fingerprint density at radius 2 is 2.37 bits per heavy atom. The Morgan fingerprint density at radius 3 is 3.00 bits per heavy atom. The van der Waals surface area contributed by atoms with Gasteiger partial charge in [-0.25, -0.2) is 4.98 Å². The number of thiazole rings is 1. The molecule has 0 fully saturated rings. The van der Waals surface area contributed by atoms with Crippen LogP contribution in [-0.2, 0) is 0 Å². The van der Waals surface area contributed by atoms with Crippen molar-refractivity contribution in [3.63, 3.8) is 0 Å². The van der Waals surface area contributed by atoms with E-state index in [0.717, 1.165) is 0 Å². The van der Waals surface area contributed by atoms with Gasteiger partial charge in [0, 0.05) is 11.6 Å². The van der Waals surface area contributed by atoms with Gasteiger partial charge in [0.1, 0.15) is 5.75 Å². The van der Waals surface area contributed by atoms with E-state index in [-0.39, 0.29) is 5.91 Å². The second-order valence-corrected chi connectivity index (χ2v) is 4.64. The molecular weight excluding hydrogens is 266 g/mol. The lowest BCUT2D eigenvalue weighted by Gasteiger charge is -2.06. The zero-order valence-corrected chi connectivity index (χ0v) is 11.3. The topological polar surface area (TPSA) is 84.3 Å². The summed E-state index contributed by atoms with van der Waals surface area (Å²) in [5, 5.41) is 14.2. The van der Waals surface area contributed by atoms with Gasteiger partial charge in [-0.3, -0.25) is 15.1 Å². The number of carbonyl (C=O) groups excluding carboxylic acids is 1. The molecule has 0 aliphatic heterocycles. The third-order valence-electron chi connectivity index (χ3n) is 2.42. The molecule has 1 unspecified atom stereocenters. The third kappa shape index (κ3) is 3.07. The van der Waals surface area contributed by atoms with E-state index >= 15 is 0 Å². The van der Waals surface area contributed by atoms with Crippen molar-refractivity contribution in [2.45, 2.75) is 13.0 Å². The predicted octanol–water partition coefficient (Wildman–Crippen LogP) is 1.85. The number of nitrogens with one attached hydrogen (secondary N) is 1. The number of hydrogen-bond acceptors (Lipinski definition) is 6. The van der Waals surface area contributed by atoms with E-state index < -0.39 is 6.10 Å². The van der Waals surface area contributed by atoms with E-state index in [1.54, 1.807) is 18.4 Å². The Hall–Kier alpha value is -1.99. The molecule has 0 spiro atoms. The summed E-state index contributed by atoms with van der Waals surface area (Å²) >= 11 is 1.25. The first-order valence-corrected chi connectivity index (χ1v) is 6.42. The molecule has 2 N–H and O–H groups in total. The summed E-state index contributed by atoms with van der Waals surface area (Å²) in [5.74, 6) is 0.0676. The molecule has 2 rings (SSSR count). The highest BCUT2D eigenvalue weighted by atomic mass is 32.1. The molecule has 1 atom stereocenters. The largest absolute Gasteiger partial charge is 0.494 e. The maximum absolute atomic E-state index is 12.1. The average Bonchev–Trinajstić information content (AvgIpc) is 2.87. The number of nitrogens with zero attached hydrogens (tertiary/aromatic N) is 2. The lowest BCUT2D eigenvalue weighted by atomic mass is 10.2. The van der Waals surface area contributed by atoms with Gasteiger partial charge in [-0.15, -0.1) is 11.3 Å². The molecule has 0 radical (unpaired) electrons. The first-order chi connectivity index (χ1) is 9.11. The molecule has 0 aliphatic rings. The molecule has 0 aliphatic carbocycles. The standard InChI is InChI=1S/C12H13N3O3S/c1-7(16)9-6-19-12(14-9)15-11(17)8-3-4-13-5-10(8)18-2/h3-7,16H,1-2H3,(H,14,15,17). The predicted molar refractivity (Wildman–Crippen MR) is 71.5 cm³/mol. The highest BCUT2D eigenvalue weighted by Gasteiger charge is 2.14. The Labute approximate surface area is 114 Å². The summed E-state index contributed by atoms with van der Waals surface area (Å²) in [6.45, 7) is 1.62. The average molecular weight is 279 g/mol. The summed E-state index contributed by atoms with van der Waals surface area (Å²) in [5.41, 5.74) is 0.910. The van der Waals surface area contributed by atoms with E-state index in [2.05, 4.69) is 15.3 Å². The van der Waals surface area contributed by atoms with Crippen molar-refractivity contribution >= 4 is 22.4 Å². The lowest BCUT2D eigenvalue weighted by molar-refractivity contribution is 0.102. The molecule has 7 heteroatoms. The molecule has 1 amide bonds. The van der Waals surface area contributed by atoms with Crippen LogP contribution in [0.15, 0.2) is 23.8 Å². The van der Waals surface area contributed by atoms with E-state index in [1.807, 2.05) is 0 Å². The van der Waals surface area contributed by atoms with Gasteiger partial charge < -0.3 is 9.84 Å². The minimum absolute atomic E-state index is 0.328. The van der Waals surface area contributed by atoms with Crippen LogP contribution in [0.5, 0.6) is 5.75 Å². The molecule has 0 bridgehead atoms. The number of amides is 1. The number of rotatable bonds is 4. The molecular formula is C12H13N3O3S. The molecule has 0 saturated heterocycles. The van der Waals surface area contributed by atoms with Crippen LogP contribution in [0.25, 0.3) is 0 Å². The van der Waals surface area contributed by atoms with Crippen molar-refractivity contribution in [1.82, 2.24) is 9.97 Å². The van der Waals surface area contributed by atoms with Gasteiger partial charge in [-0.05, 0) is 13.0 Å². The summed E-state index contributed by atoms with van der Waals surface area (Å²) < 4.78 is 5.07. The first-order valence-electron chi connectivity index (χ1n) is 5.54. The maximum Gasteiger partial charge on any atom is 0.261 e. The number of hydrogen-bond donors (Lipinski definition) is 2. The van der Waals surface area contributed by atoms with Crippen molar-refractivity contribution < 1.29 is 14.6 Å². The molecule has 100 valence electrons. The quantitative estimate of drug-likeness (QED) is 0.892.